The fraction of sp³-hybridized carbons (Fsp3) is 0.364. The number of hydrogen-bond donors (Lipinski definition) is 2. The van der Waals surface area contributed by atoms with Crippen LogP contribution in [0.5, 0.6) is 5.75 Å². The molecule has 3 N–H and O–H groups in total. The van der Waals surface area contributed by atoms with Gasteiger partial charge in [0.15, 0.2) is 0 Å². The van der Waals surface area contributed by atoms with Crippen LogP contribution in [0.25, 0.3) is 0 Å². The number of ether oxygens (including phenoxy) is 1. The largest absolute Gasteiger partial charge is 0.497 e. The standard InChI is InChI=1S/C11H15N3O2/c1-16-10-5-8(12)4-9(6-10)14-3-2-13-11(15)7-14/h4-6H,2-3,7,12H2,1H3,(H,13,15). The summed E-state index contributed by atoms with van der Waals surface area (Å²) in [5.41, 5.74) is 7.33. The first-order valence-electron chi connectivity index (χ1n) is 5.15. The van der Waals surface area contributed by atoms with E-state index in [4.69, 9.17) is 10.5 Å². The molecule has 0 bridgehead atoms. The van der Waals surface area contributed by atoms with Gasteiger partial charge in [0.05, 0.1) is 13.7 Å². The minimum Gasteiger partial charge on any atom is -0.497 e. The van der Waals surface area contributed by atoms with Gasteiger partial charge in [-0.2, -0.15) is 0 Å². The molecule has 1 aliphatic rings. The minimum absolute atomic E-state index is 0.0349. The zero-order chi connectivity index (χ0) is 11.5. The predicted octanol–water partition coefficient (Wildman–Crippen LogP) is 0.214. The highest BCUT2D eigenvalue weighted by molar-refractivity contribution is 5.83. The summed E-state index contributed by atoms with van der Waals surface area (Å²) in [5, 5.41) is 2.78. The molecule has 0 saturated carbocycles. The third-order valence-electron chi connectivity index (χ3n) is 2.55. The molecular weight excluding hydrogens is 206 g/mol. The van der Waals surface area contributed by atoms with E-state index in [2.05, 4.69) is 5.32 Å². The number of nitrogens with one attached hydrogen (secondary N) is 1. The predicted molar refractivity (Wildman–Crippen MR) is 62.6 cm³/mol. The van der Waals surface area contributed by atoms with Gasteiger partial charge in [-0.05, 0) is 6.07 Å². The van der Waals surface area contributed by atoms with E-state index in [0.29, 0.717) is 24.5 Å². The SMILES string of the molecule is COc1cc(N)cc(N2CCNC(=O)C2)c1. The molecule has 5 heteroatoms. The summed E-state index contributed by atoms with van der Waals surface area (Å²) in [6, 6.07) is 5.49. The van der Waals surface area contributed by atoms with Gasteiger partial charge < -0.3 is 20.7 Å². The Morgan fingerprint density at radius 2 is 2.25 bits per heavy atom. The van der Waals surface area contributed by atoms with Gasteiger partial charge in [0, 0.05) is 36.6 Å². The average Bonchev–Trinajstić information content (AvgIpc) is 2.28. The molecule has 1 aromatic carbocycles. The lowest BCUT2D eigenvalue weighted by Crippen LogP contribution is -2.47. The van der Waals surface area contributed by atoms with Crippen molar-refractivity contribution in [1.29, 1.82) is 0 Å². The van der Waals surface area contributed by atoms with Crippen molar-refractivity contribution in [2.75, 3.05) is 37.4 Å². The fourth-order valence-corrected chi connectivity index (χ4v) is 1.77. The number of nitrogens with two attached hydrogens (primary N) is 1. The maximum atomic E-state index is 11.3. The number of nitrogens with zero attached hydrogens (tertiary/aromatic N) is 1. The van der Waals surface area contributed by atoms with E-state index in [-0.39, 0.29) is 5.91 Å². The number of carbonyl (C=O) groups is 1. The van der Waals surface area contributed by atoms with Crippen LogP contribution in [0.15, 0.2) is 18.2 Å². The van der Waals surface area contributed by atoms with Crippen molar-refractivity contribution in [3.63, 3.8) is 0 Å². The van der Waals surface area contributed by atoms with E-state index in [1.54, 1.807) is 13.2 Å². The van der Waals surface area contributed by atoms with Crippen LogP contribution >= 0.6 is 0 Å². The molecule has 0 spiro atoms. The summed E-state index contributed by atoms with van der Waals surface area (Å²) in [6.07, 6.45) is 0. The normalized spacial score (nSPS) is 15.8. The molecule has 1 heterocycles. The van der Waals surface area contributed by atoms with E-state index in [1.807, 2.05) is 17.0 Å². The molecule has 0 atom stereocenters. The second-order valence-corrected chi connectivity index (χ2v) is 3.74. The Hall–Kier alpha value is -1.91. The van der Waals surface area contributed by atoms with Crippen molar-refractivity contribution in [1.82, 2.24) is 5.32 Å². The Balaban J connectivity index is 2.24. The summed E-state index contributed by atoms with van der Waals surface area (Å²) in [5.74, 6) is 0.744. The van der Waals surface area contributed by atoms with Gasteiger partial charge in [0.2, 0.25) is 5.91 Å². The van der Waals surface area contributed by atoms with Crippen molar-refractivity contribution >= 4 is 17.3 Å². The van der Waals surface area contributed by atoms with Crippen molar-refractivity contribution in [3.05, 3.63) is 18.2 Å². The van der Waals surface area contributed by atoms with E-state index in [1.165, 1.54) is 0 Å². The fourth-order valence-electron chi connectivity index (χ4n) is 1.77. The number of benzene rings is 1. The topological polar surface area (TPSA) is 67.6 Å². The maximum Gasteiger partial charge on any atom is 0.239 e. The molecule has 1 amide bonds. The number of carbonyl (C=O) groups excluding carboxylic acids is 1. The van der Waals surface area contributed by atoms with Crippen molar-refractivity contribution < 1.29 is 9.53 Å². The second-order valence-electron chi connectivity index (χ2n) is 3.74. The Morgan fingerprint density at radius 1 is 1.44 bits per heavy atom. The number of rotatable bonds is 2. The summed E-state index contributed by atoms with van der Waals surface area (Å²) < 4.78 is 5.15. The van der Waals surface area contributed by atoms with E-state index in [0.717, 1.165) is 12.2 Å². The van der Waals surface area contributed by atoms with Gasteiger partial charge in [-0.3, -0.25) is 4.79 Å². The van der Waals surface area contributed by atoms with Crippen LogP contribution in [0.2, 0.25) is 0 Å². The van der Waals surface area contributed by atoms with Gasteiger partial charge in [-0.1, -0.05) is 0 Å². The molecule has 1 aliphatic heterocycles. The smallest absolute Gasteiger partial charge is 0.239 e. The lowest BCUT2D eigenvalue weighted by atomic mass is 10.2. The van der Waals surface area contributed by atoms with Gasteiger partial charge in [-0.15, -0.1) is 0 Å². The molecule has 0 aliphatic carbocycles. The van der Waals surface area contributed by atoms with Crippen LogP contribution in [0.3, 0.4) is 0 Å². The van der Waals surface area contributed by atoms with Gasteiger partial charge in [0.25, 0.3) is 0 Å². The Morgan fingerprint density at radius 3 is 2.94 bits per heavy atom. The Kier molecular flexibility index (Phi) is 2.85. The van der Waals surface area contributed by atoms with E-state index >= 15 is 0 Å². The van der Waals surface area contributed by atoms with Gasteiger partial charge in [0.1, 0.15) is 5.75 Å². The van der Waals surface area contributed by atoms with Gasteiger partial charge >= 0.3 is 0 Å². The Labute approximate surface area is 94.2 Å². The summed E-state index contributed by atoms with van der Waals surface area (Å²) in [7, 11) is 1.60. The molecule has 0 radical (unpaired) electrons. The molecule has 86 valence electrons. The molecule has 1 fully saturated rings. The van der Waals surface area contributed by atoms with Crippen LogP contribution in [-0.2, 0) is 4.79 Å². The van der Waals surface area contributed by atoms with Crippen molar-refractivity contribution in [2.24, 2.45) is 0 Å². The van der Waals surface area contributed by atoms with E-state index in [9.17, 15) is 4.79 Å². The van der Waals surface area contributed by atoms with Crippen molar-refractivity contribution in [3.8, 4) is 5.75 Å². The van der Waals surface area contributed by atoms with Crippen LogP contribution in [0.1, 0.15) is 0 Å². The summed E-state index contributed by atoms with van der Waals surface area (Å²) in [6.45, 7) is 1.82. The molecule has 0 unspecified atom stereocenters. The van der Waals surface area contributed by atoms with Gasteiger partial charge in [-0.25, -0.2) is 0 Å². The molecular formula is C11H15N3O2. The molecule has 1 saturated heterocycles. The number of methoxy groups -OCH3 is 1. The number of nitrogen functional groups attached to an aromatic ring is 1. The molecule has 1 aromatic rings. The second kappa shape index (κ2) is 4.30. The van der Waals surface area contributed by atoms with Crippen LogP contribution in [0.4, 0.5) is 11.4 Å². The number of anilines is 2. The van der Waals surface area contributed by atoms with Crippen molar-refractivity contribution in [2.45, 2.75) is 0 Å². The van der Waals surface area contributed by atoms with Crippen LogP contribution < -0.4 is 20.7 Å². The first-order chi connectivity index (χ1) is 7.69. The van der Waals surface area contributed by atoms with E-state index < -0.39 is 0 Å². The minimum atomic E-state index is 0.0349. The number of amides is 1. The van der Waals surface area contributed by atoms with Crippen LogP contribution in [-0.4, -0.2) is 32.7 Å². The highest BCUT2D eigenvalue weighted by Gasteiger charge is 2.17. The number of piperazine rings is 1. The molecule has 5 nitrogen and oxygen atoms in total. The third-order valence-corrected chi connectivity index (χ3v) is 2.55. The zero-order valence-electron chi connectivity index (χ0n) is 9.19. The number of hydrogen-bond acceptors (Lipinski definition) is 4. The Bertz CT molecular complexity index is 406. The maximum absolute atomic E-state index is 11.3. The lowest BCUT2D eigenvalue weighted by Gasteiger charge is -2.29. The zero-order valence-corrected chi connectivity index (χ0v) is 9.19. The quantitative estimate of drug-likeness (QED) is 0.701. The molecule has 2 rings (SSSR count). The third kappa shape index (κ3) is 2.18. The summed E-state index contributed by atoms with van der Waals surface area (Å²) >= 11 is 0. The lowest BCUT2D eigenvalue weighted by molar-refractivity contribution is -0.120. The molecule has 16 heavy (non-hydrogen) atoms. The first kappa shape index (κ1) is 10.6. The highest BCUT2D eigenvalue weighted by atomic mass is 16.5. The molecule has 0 aromatic heterocycles. The first-order valence-corrected chi connectivity index (χ1v) is 5.15. The average molecular weight is 221 g/mol. The van der Waals surface area contributed by atoms with Crippen LogP contribution in [0, 0.1) is 0 Å². The highest BCUT2D eigenvalue weighted by Crippen LogP contribution is 2.25. The summed E-state index contributed by atoms with van der Waals surface area (Å²) in [4.78, 5) is 13.3. The monoisotopic (exact) mass is 221 g/mol.